The topological polar surface area (TPSA) is 34.2 Å². The molecule has 3 rings (SSSR count). The number of rotatable bonds is 5. The van der Waals surface area contributed by atoms with Crippen LogP contribution in [0.1, 0.15) is 23.3 Å². The molecule has 3 nitrogen and oxygen atoms in total. The third-order valence-corrected chi connectivity index (χ3v) is 5.44. The fourth-order valence-electron chi connectivity index (χ4n) is 3.46. The number of likely N-dealkylation sites (N-methyl/N-ethyl adjacent to an activating group) is 1. The summed E-state index contributed by atoms with van der Waals surface area (Å²) in [5.41, 5.74) is 3.50. The Balaban J connectivity index is 1.93. The zero-order valence-corrected chi connectivity index (χ0v) is 13.2. The number of thiazole rings is 1. The second-order valence-corrected chi connectivity index (χ2v) is 6.62. The van der Waals surface area contributed by atoms with E-state index in [1.54, 1.807) is 11.3 Å². The molecular weight excluding hydrogens is 280 g/mol. The van der Waals surface area contributed by atoms with Crippen molar-refractivity contribution in [2.24, 2.45) is 0 Å². The van der Waals surface area contributed by atoms with Crippen LogP contribution in [0.15, 0.2) is 42.0 Å². The SMILES string of the molecule is CNC(Cc1cncs1)C1(c2ccccc2)CCOCC1. The molecule has 0 saturated carbocycles. The van der Waals surface area contributed by atoms with Gasteiger partial charge in [-0.05, 0) is 31.9 Å². The first-order valence-electron chi connectivity index (χ1n) is 7.53. The third kappa shape index (κ3) is 3.03. The summed E-state index contributed by atoms with van der Waals surface area (Å²) in [5.74, 6) is 0. The molecule has 4 heteroatoms. The highest BCUT2D eigenvalue weighted by Gasteiger charge is 2.41. The summed E-state index contributed by atoms with van der Waals surface area (Å²) < 4.78 is 5.64. The fourth-order valence-corrected chi connectivity index (χ4v) is 4.10. The minimum Gasteiger partial charge on any atom is -0.381 e. The molecule has 1 saturated heterocycles. The fraction of sp³-hybridized carbons (Fsp3) is 0.471. The predicted molar refractivity (Wildman–Crippen MR) is 86.8 cm³/mol. The van der Waals surface area contributed by atoms with Crippen molar-refractivity contribution in [1.29, 1.82) is 0 Å². The average Bonchev–Trinajstić information content (AvgIpc) is 3.07. The second-order valence-electron chi connectivity index (χ2n) is 5.65. The third-order valence-electron chi connectivity index (χ3n) is 4.64. The van der Waals surface area contributed by atoms with Crippen LogP contribution in [0, 0.1) is 0 Å². The molecule has 1 atom stereocenters. The van der Waals surface area contributed by atoms with Gasteiger partial charge in [-0.1, -0.05) is 30.3 Å². The van der Waals surface area contributed by atoms with Crippen molar-refractivity contribution < 1.29 is 4.74 Å². The monoisotopic (exact) mass is 302 g/mol. The summed E-state index contributed by atoms with van der Waals surface area (Å²) in [4.78, 5) is 5.56. The summed E-state index contributed by atoms with van der Waals surface area (Å²) in [6, 6.07) is 11.3. The normalized spacial score (nSPS) is 19.3. The molecule has 0 spiro atoms. The summed E-state index contributed by atoms with van der Waals surface area (Å²) in [6.07, 6.45) is 5.16. The smallest absolute Gasteiger partial charge is 0.0794 e. The van der Waals surface area contributed by atoms with Crippen LogP contribution < -0.4 is 5.32 Å². The van der Waals surface area contributed by atoms with Gasteiger partial charge in [-0.3, -0.25) is 4.98 Å². The Morgan fingerprint density at radius 3 is 2.67 bits per heavy atom. The Morgan fingerprint density at radius 1 is 1.29 bits per heavy atom. The molecule has 2 aromatic rings. The number of benzene rings is 1. The van der Waals surface area contributed by atoms with Crippen molar-refractivity contribution in [1.82, 2.24) is 10.3 Å². The summed E-state index contributed by atoms with van der Waals surface area (Å²) in [6.45, 7) is 1.69. The quantitative estimate of drug-likeness (QED) is 0.922. The molecule has 1 aliphatic rings. The van der Waals surface area contributed by atoms with Crippen molar-refractivity contribution in [3.8, 4) is 0 Å². The first kappa shape index (κ1) is 14.7. The Morgan fingerprint density at radius 2 is 2.05 bits per heavy atom. The number of nitrogens with zero attached hydrogens (tertiary/aromatic N) is 1. The molecule has 0 radical (unpaired) electrons. The largest absolute Gasteiger partial charge is 0.381 e. The molecule has 1 N–H and O–H groups in total. The van der Waals surface area contributed by atoms with Crippen molar-refractivity contribution in [2.75, 3.05) is 20.3 Å². The van der Waals surface area contributed by atoms with Gasteiger partial charge in [0.25, 0.3) is 0 Å². The lowest BCUT2D eigenvalue weighted by molar-refractivity contribution is 0.0356. The number of nitrogens with one attached hydrogen (secondary N) is 1. The Hall–Kier alpha value is -1.23. The number of hydrogen-bond acceptors (Lipinski definition) is 4. The minimum absolute atomic E-state index is 0.151. The number of ether oxygens (including phenoxy) is 1. The lowest BCUT2D eigenvalue weighted by Crippen LogP contribution is -2.51. The van der Waals surface area contributed by atoms with E-state index in [0.717, 1.165) is 32.5 Å². The van der Waals surface area contributed by atoms with E-state index in [1.807, 2.05) is 11.7 Å². The maximum absolute atomic E-state index is 5.64. The van der Waals surface area contributed by atoms with Gasteiger partial charge in [-0.25, -0.2) is 0 Å². The lowest BCUT2D eigenvalue weighted by atomic mass is 9.67. The molecule has 1 aliphatic heterocycles. The van der Waals surface area contributed by atoms with Crippen LogP contribution in [0.25, 0.3) is 0 Å². The molecule has 2 heterocycles. The van der Waals surface area contributed by atoms with Crippen LogP contribution in [0.4, 0.5) is 0 Å². The van der Waals surface area contributed by atoms with Crippen molar-refractivity contribution in [3.05, 3.63) is 52.5 Å². The van der Waals surface area contributed by atoms with E-state index in [1.165, 1.54) is 10.4 Å². The van der Waals surface area contributed by atoms with E-state index < -0.39 is 0 Å². The average molecular weight is 302 g/mol. The summed E-state index contributed by atoms with van der Waals surface area (Å²) >= 11 is 1.74. The van der Waals surface area contributed by atoms with Gasteiger partial charge >= 0.3 is 0 Å². The Bertz CT molecular complexity index is 535. The van der Waals surface area contributed by atoms with E-state index in [0.29, 0.717) is 6.04 Å². The molecule has 0 bridgehead atoms. The highest BCUT2D eigenvalue weighted by atomic mass is 32.1. The Kier molecular flexibility index (Phi) is 4.68. The van der Waals surface area contributed by atoms with Gasteiger partial charge in [0.05, 0.1) is 5.51 Å². The van der Waals surface area contributed by atoms with E-state index >= 15 is 0 Å². The van der Waals surface area contributed by atoms with Gasteiger partial charge < -0.3 is 10.1 Å². The molecule has 0 aliphatic carbocycles. The second kappa shape index (κ2) is 6.69. The van der Waals surface area contributed by atoms with Crippen LogP contribution in [0.3, 0.4) is 0 Å². The molecule has 1 aromatic carbocycles. The van der Waals surface area contributed by atoms with Crippen LogP contribution in [0.2, 0.25) is 0 Å². The summed E-state index contributed by atoms with van der Waals surface area (Å²) in [5, 5.41) is 3.57. The first-order valence-corrected chi connectivity index (χ1v) is 8.41. The zero-order valence-electron chi connectivity index (χ0n) is 12.4. The highest BCUT2D eigenvalue weighted by Crippen LogP contribution is 2.39. The molecule has 0 amide bonds. The van der Waals surface area contributed by atoms with Crippen molar-refractivity contribution in [2.45, 2.75) is 30.7 Å². The maximum atomic E-state index is 5.64. The Labute approximate surface area is 130 Å². The van der Waals surface area contributed by atoms with E-state index in [4.69, 9.17) is 4.74 Å². The molecule has 112 valence electrons. The summed E-state index contributed by atoms with van der Waals surface area (Å²) in [7, 11) is 2.08. The van der Waals surface area contributed by atoms with E-state index in [-0.39, 0.29) is 5.41 Å². The first-order chi connectivity index (χ1) is 10.3. The van der Waals surface area contributed by atoms with Gasteiger partial charge in [-0.2, -0.15) is 0 Å². The van der Waals surface area contributed by atoms with Crippen LogP contribution in [-0.2, 0) is 16.6 Å². The number of hydrogen-bond donors (Lipinski definition) is 1. The van der Waals surface area contributed by atoms with Gasteiger partial charge in [0.15, 0.2) is 0 Å². The van der Waals surface area contributed by atoms with Crippen LogP contribution in [-0.4, -0.2) is 31.3 Å². The lowest BCUT2D eigenvalue weighted by Gasteiger charge is -2.44. The van der Waals surface area contributed by atoms with Gasteiger partial charge in [0.2, 0.25) is 0 Å². The molecule has 1 fully saturated rings. The van der Waals surface area contributed by atoms with Crippen LogP contribution >= 0.6 is 11.3 Å². The molecular formula is C17H22N2OS. The maximum Gasteiger partial charge on any atom is 0.0794 e. The molecule has 1 unspecified atom stereocenters. The molecule has 1 aromatic heterocycles. The van der Waals surface area contributed by atoms with Crippen LogP contribution in [0.5, 0.6) is 0 Å². The zero-order chi connectivity index (χ0) is 14.5. The standard InChI is InChI=1S/C17H22N2OS/c1-18-16(11-15-12-19-13-21-15)17(7-9-20-10-8-17)14-5-3-2-4-6-14/h2-6,12-13,16,18H,7-11H2,1H3. The number of aromatic nitrogens is 1. The predicted octanol–water partition coefficient (Wildman–Crippen LogP) is 3.02. The highest BCUT2D eigenvalue weighted by molar-refractivity contribution is 7.09. The van der Waals surface area contributed by atoms with Gasteiger partial charge in [-0.15, -0.1) is 11.3 Å². The molecule has 21 heavy (non-hydrogen) atoms. The van der Waals surface area contributed by atoms with Gasteiger partial charge in [0, 0.05) is 35.7 Å². The van der Waals surface area contributed by atoms with E-state index in [9.17, 15) is 0 Å². The minimum atomic E-state index is 0.151. The van der Waals surface area contributed by atoms with E-state index in [2.05, 4.69) is 47.7 Å². The van der Waals surface area contributed by atoms with Gasteiger partial charge in [0.1, 0.15) is 0 Å². The van der Waals surface area contributed by atoms with Crippen molar-refractivity contribution >= 4 is 11.3 Å². The van der Waals surface area contributed by atoms with Crippen molar-refractivity contribution in [3.63, 3.8) is 0 Å².